The van der Waals surface area contributed by atoms with Gasteiger partial charge in [-0.15, -0.1) is 0 Å². The second kappa shape index (κ2) is 9.58. The minimum Gasteiger partial charge on any atom is -0.497 e. The van der Waals surface area contributed by atoms with E-state index in [0.717, 1.165) is 21.9 Å². The van der Waals surface area contributed by atoms with E-state index in [2.05, 4.69) is 10.6 Å². The van der Waals surface area contributed by atoms with Crippen LogP contribution < -0.4 is 20.3 Å². The summed E-state index contributed by atoms with van der Waals surface area (Å²) in [5.41, 5.74) is 2.56. The minimum absolute atomic E-state index is 0.107. The Kier molecular flexibility index (Phi) is 7.17. The van der Waals surface area contributed by atoms with Crippen molar-refractivity contribution in [2.24, 2.45) is 0 Å². The fraction of sp³-hybridized carbons (Fsp3) is 0.300. The van der Waals surface area contributed by atoms with Gasteiger partial charge in [-0.1, -0.05) is 12.1 Å². The summed E-state index contributed by atoms with van der Waals surface area (Å²) >= 11 is 0. The van der Waals surface area contributed by atoms with E-state index in [1.807, 2.05) is 38.1 Å². The minimum atomic E-state index is -0.129. The lowest BCUT2D eigenvalue weighted by atomic mass is 10.2. The lowest BCUT2D eigenvalue weighted by Crippen LogP contribution is -3.13. The molecule has 6 heteroatoms. The number of hydrogen-bond acceptors (Lipinski definition) is 3. The van der Waals surface area contributed by atoms with Crippen molar-refractivity contribution in [3.05, 3.63) is 54.1 Å². The van der Waals surface area contributed by atoms with E-state index in [4.69, 9.17) is 4.74 Å². The molecule has 0 bridgehead atoms. The molecule has 3 N–H and O–H groups in total. The number of aryl methyl sites for hydroxylation is 1. The molecular formula is C20H26N3O3+. The van der Waals surface area contributed by atoms with E-state index in [-0.39, 0.29) is 24.9 Å². The number of nitrogens with one attached hydrogen (secondary N) is 3. The number of carbonyl (C=O) groups excluding carboxylic acids is 2. The standard InChI is InChI=1S/C20H25N3O3/c1-4-23(14-20(25)22-17-7-5-6-15(2)12-17)13-19(24)21-16-8-10-18(26-3)11-9-16/h5-12H,4,13-14H2,1-3H3,(H,21,24)(H,22,25)/p+1. The van der Waals surface area contributed by atoms with Gasteiger partial charge in [-0.2, -0.15) is 0 Å². The van der Waals surface area contributed by atoms with Gasteiger partial charge in [0.05, 0.1) is 13.7 Å². The van der Waals surface area contributed by atoms with Crippen LogP contribution in [0.3, 0.4) is 0 Å². The Morgan fingerprint density at radius 1 is 0.962 bits per heavy atom. The number of anilines is 2. The van der Waals surface area contributed by atoms with Crippen molar-refractivity contribution in [1.29, 1.82) is 0 Å². The number of rotatable bonds is 8. The monoisotopic (exact) mass is 356 g/mol. The van der Waals surface area contributed by atoms with Crippen LogP contribution in [0.2, 0.25) is 0 Å². The highest BCUT2D eigenvalue weighted by Gasteiger charge is 2.17. The van der Waals surface area contributed by atoms with Crippen LogP contribution in [0.4, 0.5) is 11.4 Å². The summed E-state index contributed by atoms with van der Waals surface area (Å²) in [5, 5.41) is 5.72. The number of carbonyl (C=O) groups is 2. The zero-order valence-corrected chi connectivity index (χ0v) is 15.5. The topological polar surface area (TPSA) is 71.9 Å². The Bertz CT molecular complexity index is 744. The van der Waals surface area contributed by atoms with Crippen molar-refractivity contribution < 1.29 is 19.2 Å². The normalized spacial score (nSPS) is 11.5. The molecule has 1 unspecified atom stereocenters. The number of likely N-dealkylation sites (N-methyl/N-ethyl adjacent to an activating group) is 1. The summed E-state index contributed by atoms with van der Waals surface area (Å²) in [6.45, 7) is 5.07. The molecule has 138 valence electrons. The van der Waals surface area contributed by atoms with Gasteiger partial charge in [0, 0.05) is 11.4 Å². The van der Waals surface area contributed by atoms with Gasteiger partial charge in [0.1, 0.15) is 5.75 Å². The summed E-state index contributed by atoms with van der Waals surface area (Å²) in [4.78, 5) is 25.3. The first kappa shape index (κ1) is 19.5. The molecule has 0 saturated carbocycles. The number of benzene rings is 2. The van der Waals surface area contributed by atoms with Crippen molar-refractivity contribution in [1.82, 2.24) is 0 Å². The largest absolute Gasteiger partial charge is 0.497 e. The molecule has 0 spiro atoms. The van der Waals surface area contributed by atoms with Gasteiger partial charge in [0.15, 0.2) is 13.1 Å². The van der Waals surface area contributed by atoms with Gasteiger partial charge in [-0.05, 0) is 55.8 Å². The molecule has 2 aromatic carbocycles. The quantitative estimate of drug-likeness (QED) is 0.671. The Morgan fingerprint density at radius 3 is 2.12 bits per heavy atom. The first-order chi connectivity index (χ1) is 12.5. The van der Waals surface area contributed by atoms with Crippen LogP contribution in [0.15, 0.2) is 48.5 Å². The number of quaternary nitrogens is 1. The van der Waals surface area contributed by atoms with Gasteiger partial charge in [0.2, 0.25) is 0 Å². The number of hydrogen-bond donors (Lipinski definition) is 3. The molecule has 2 rings (SSSR count). The molecular weight excluding hydrogens is 330 g/mol. The molecule has 26 heavy (non-hydrogen) atoms. The highest BCUT2D eigenvalue weighted by atomic mass is 16.5. The molecule has 0 aliphatic heterocycles. The lowest BCUT2D eigenvalue weighted by molar-refractivity contribution is -0.881. The maximum absolute atomic E-state index is 12.2. The van der Waals surface area contributed by atoms with Crippen LogP contribution in [-0.2, 0) is 9.59 Å². The van der Waals surface area contributed by atoms with Crippen molar-refractivity contribution in [2.75, 3.05) is 37.4 Å². The summed E-state index contributed by atoms with van der Waals surface area (Å²) in [7, 11) is 1.60. The Morgan fingerprint density at radius 2 is 1.58 bits per heavy atom. The summed E-state index contributed by atoms with van der Waals surface area (Å²) < 4.78 is 5.09. The van der Waals surface area contributed by atoms with Crippen LogP contribution in [0, 0.1) is 6.92 Å². The van der Waals surface area contributed by atoms with Crippen molar-refractivity contribution >= 4 is 23.2 Å². The number of ether oxygens (including phenoxy) is 1. The average Bonchev–Trinajstić information content (AvgIpc) is 2.61. The summed E-state index contributed by atoms with van der Waals surface area (Å²) in [6.07, 6.45) is 0. The number of amides is 2. The molecule has 6 nitrogen and oxygen atoms in total. The van der Waals surface area contributed by atoms with Crippen LogP contribution >= 0.6 is 0 Å². The van der Waals surface area contributed by atoms with Gasteiger partial charge in [-0.3, -0.25) is 9.59 Å². The smallest absolute Gasteiger partial charge is 0.279 e. The maximum Gasteiger partial charge on any atom is 0.279 e. The first-order valence-electron chi connectivity index (χ1n) is 8.64. The fourth-order valence-electron chi connectivity index (χ4n) is 2.57. The lowest BCUT2D eigenvalue weighted by Gasteiger charge is -2.17. The van der Waals surface area contributed by atoms with Crippen LogP contribution in [0.5, 0.6) is 5.75 Å². The van der Waals surface area contributed by atoms with E-state index in [0.29, 0.717) is 12.2 Å². The highest BCUT2D eigenvalue weighted by molar-refractivity contribution is 5.93. The third-order valence-corrected chi connectivity index (χ3v) is 4.00. The van der Waals surface area contributed by atoms with E-state index in [1.165, 1.54) is 0 Å². The molecule has 0 heterocycles. The van der Waals surface area contributed by atoms with Crippen molar-refractivity contribution in [3.8, 4) is 5.75 Å². The van der Waals surface area contributed by atoms with Crippen molar-refractivity contribution in [2.45, 2.75) is 13.8 Å². The van der Waals surface area contributed by atoms with Crippen LogP contribution in [0.1, 0.15) is 12.5 Å². The fourth-order valence-corrected chi connectivity index (χ4v) is 2.57. The van der Waals surface area contributed by atoms with Crippen molar-refractivity contribution in [3.63, 3.8) is 0 Å². The predicted octanol–water partition coefficient (Wildman–Crippen LogP) is 1.49. The Balaban J connectivity index is 1.85. The molecule has 0 aromatic heterocycles. The van der Waals surface area contributed by atoms with Crippen LogP contribution in [0.25, 0.3) is 0 Å². The van der Waals surface area contributed by atoms with E-state index in [9.17, 15) is 9.59 Å². The second-order valence-corrected chi connectivity index (χ2v) is 6.15. The van der Waals surface area contributed by atoms with Gasteiger partial charge < -0.3 is 20.3 Å². The average molecular weight is 356 g/mol. The summed E-state index contributed by atoms with van der Waals surface area (Å²) in [6, 6.07) is 14.8. The van der Waals surface area contributed by atoms with Crippen LogP contribution in [-0.4, -0.2) is 38.6 Å². The molecule has 2 amide bonds. The van der Waals surface area contributed by atoms with E-state index >= 15 is 0 Å². The van der Waals surface area contributed by atoms with Gasteiger partial charge in [0.25, 0.3) is 11.8 Å². The predicted molar refractivity (Wildman–Crippen MR) is 103 cm³/mol. The van der Waals surface area contributed by atoms with E-state index in [1.54, 1.807) is 31.4 Å². The van der Waals surface area contributed by atoms with E-state index < -0.39 is 0 Å². The van der Waals surface area contributed by atoms with Gasteiger partial charge in [-0.25, -0.2) is 0 Å². The molecule has 1 atom stereocenters. The molecule has 0 radical (unpaired) electrons. The third-order valence-electron chi connectivity index (χ3n) is 4.00. The second-order valence-electron chi connectivity index (χ2n) is 6.15. The zero-order chi connectivity index (χ0) is 18.9. The highest BCUT2D eigenvalue weighted by Crippen LogP contribution is 2.14. The first-order valence-corrected chi connectivity index (χ1v) is 8.64. The maximum atomic E-state index is 12.2. The molecule has 0 saturated heterocycles. The molecule has 2 aromatic rings. The Hall–Kier alpha value is -2.86. The third kappa shape index (κ3) is 6.22. The summed E-state index contributed by atoms with van der Waals surface area (Å²) in [5.74, 6) is 0.497. The van der Waals surface area contributed by atoms with Gasteiger partial charge >= 0.3 is 0 Å². The number of methoxy groups -OCH3 is 1. The molecule has 0 fully saturated rings. The molecule has 0 aliphatic rings. The molecule has 0 aliphatic carbocycles. The Labute approximate surface area is 154 Å². The SMILES string of the molecule is CC[NH+](CC(=O)Nc1ccc(OC)cc1)CC(=O)Nc1cccc(C)c1. The zero-order valence-electron chi connectivity index (χ0n) is 15.5.